The van der Waals surface area contributed by atoms with Gasteiger partial charge in [-0.3, -0.25) is 25.8 Å². The summed E-state index contributed by atoms with van der Waals surface area (Å²) in [6, 6.07) is 14.4. The van der Waals surface area contributed by atoms with E-state index in [4.69, 9.17) is 0 Å². The molecule has 1 aromatic heterocycles. The second kappa shape index (κ2) is 8.81. The van der Waals surface area contributed by atoms with E-state index in [1.54, 1.807) is 24.3 Å². The van der Waals surface area contributed by atoms with Gasteiger partial charge in [-0.25, -0.2) is 9.97 Å². The van der Waals surface area contributed by atoms with Crippen LogP contribution < -0.4 is 10.9 Å². The SMILES string of the molecule is Cc1ccc(Sc2ncnc(NNC(=O)c3ccccc3Br)c2[N+](=O)[O-])cc1. The first-order valence-corrected chi connectivity index (χ1v) is 9.61. The molecule has 142 valence electrons. The molecule has 0 saturated heterocycles. The molecule has 28 heavy (non-hydrogen) atoms. The van der Waals surface area contributed by atoms with E-state index in [1.165, 1.54) is 6.33 Å². The van der Waals surface area contributed by atoms with E-state index < -0.39 is 10.8 Å². The predicted octanol–water partition coefficient (Wildman–Crippen LogP) is 4.36. The number of anilines is 1. The van der Waals surface area contributed by atoms with E-state index in [1.807, 2.05) is 31.2 Å². The van der Waals surface area contributed by atoms with Gasteiger partial charge in [0, 0.05) is 9.37 Å². The number of carbonyl (C=O) groups is 1. The van der Waals surface area contributed by atoms with Crippen LogP contribution in [0, 0.1) is 17.0 Å². The summed E-state index contributed by atoms with van der Waals surface area (Å²) in [6.07, 6.45) is 1.20. The van der Waals surface area contributed by atoms with Gasteiger partial charge in [-0.1, -0.05) is 41.6 Å². The molecule has 10 heteroatoms. The third-order valence-corrected chi connectivity index (χ3v) is 5.31. The van der Waals surface area contributed by atoms with Gasteiger partial charge in [0.15, 0.2) is 5.03 Å². The van der Waals surface area contributed by atoms with Crippen molar-refractivity contribution in [1.29, 1.82) is 0 Å². The van der Waals surface area contributed by atoms with Crippen molar-refractivity contribution >= 4 is 45.1 Å². The van der Waals surface area contributed by atoms with E-state index in [-0.39, 0.29) is 16.5 Å². The maximum Gasteiger partial charge on any atom is 0.345 e. The number of nitro groups is 1. The van der Waals surface area contributed by atoms with Crippen LogP contribution in [-0.4, -0.2) is 20.8 Å². The number of hydrazine groups is 1. The molecule has 2 aromatic carbocycles. The van der Waals surface area contributed by atoms with Crippen molar-refractivity contribution in [2.75, 3.05) is 5.43 Å². The van der Waals surface area contributed by atoms with Crippen LogP contribution in [0.1, 0.15) is 15.9 Å². The van der Waals surface area contributed by atoms with Gasteiger partial charge in [-0.2, -0.15) is 0 Å². The third-order valence-electron chi connectivity index (χ3n) is 3.62. The number of benzene rings is 2. The Hall–Kier alpha value is -2.98. The average Bonchev–Trinajstić information content (AvgIpc) is 2.68. The quantitative estimate of drug-likeness (QED) is 0.320. The zero-order valence-corrected chi connectivity index (χ0v) is 17.0. The second-order valence-corrected chi connectivity index (χ2v) is 7.52. The molecule has 3 aromatic rings. The Morgan fingerprint density at radius 2 is 1.86 bits per heavy atom. The predicted molar refractivity (Wildman–Crippen MR) is 109 cm³/mol. The molecule has 0 unspecified atom stereocenters. The number of hydrogen-bond acceptors (Lipinski definition) is 7. The van der Waals surface area contributed by atoms with Gasteiger partial charge < -0.3 is 0 Å². The van der Waals surface area contributed by atoms with Crippen LogP contribution in [-0.2, 0) is 0 Å². The lowest BCUT2D eigenvalue weighted by atomic mass is 10.2. The zero-order chi connectivity index (χ0) is 20.1. The number of nitrogens with zero attached hydrogens (tertiary/aromatic N) is 3. The normalized spacial score (nSPS) is 10.4. The Morgan fingerprint density at radius 3 is 2.54 bits per heavy atom. The van der Waals surface area contributed by atoms with Crippen LogP contribution in [0.4, 0.5) is 11.5 Å². The third kappa shape index (κ3) is 4.65. The lowest BCUT2D eigenvalue weighted by Gasteiger charge is -2.10. The molecule has 0 fully saturated rings. The van der Waals surface area contributed by atoms with Crippen molar-refractivity contribution in [2.24, 2.45) is 0 Å². The van der Waals surface area contributed by atoms with Crippen LogP contribution in [0.2, 0.25) is 0 Å². The number of hydrogen-bond donors (Lipinski definition) is 2. The summed E-state index contributed by atoms with van der Waals surface area (Å²) in [4.78, 5) is 32.1. The molecule has 3 rings (SSSR count). The van der Waals surface area contributed by atoms with Crippen LogP contribution in [0.3, 0.4) is 0 Å². The van der Waals surface area contributed by atoms with Gasteiger partial charge in [-0.15, -0.1) is 0 Å². The highest BCUT2D eigenvalue weighted by Crippen LogP contribution is 2.36. The van der Waals surface area contributed by atoms with Crippen molar-refractivity contribution in [3.8, 4) is 0 Å². The first kappa shape index (κ1) is 19.8. The fourth-order valence-electron chi connectivity index (χ4n) is 2.24. The van der Waals surface area contributed by atoms with E-state index in [0.29, 0.717) is 10.0 Å². The zero-order valence-electron chi connectivity index (χ0n) is 14.5. The van der Waals surface area contributed by atoms with Gasteiger partial charge in [0.1, 0.15) is 6.33 Å². The van der Waals surface area contributed by atoms with Gasteiger partial charge >= 0.3 is 5.69 Å². The monoisotopic (exact) mass is 459 g/mol. The number of nitrogens with one attached hydrogen (secondary N) is 2. The fraction of sp³-hybridized carbons (Fsp3) is 0.0556. The maximum absolute atomic E-state index is 12.3. The van der Waals surface area contributed by atoms with E-state index >= 15 is 0 Å². The molecule has 0 aliphatic rings. The number of amides is 1. The smallest absolute Gasteiger partial charge is 0.276 e. The van der Waals surface area contributed by atoms with Crippen LogP contribution in [0.25, 0.3) is 0 Å². The first-order chi connectivity index (χ1) is 13.5. The number of halogens is 1. The van der Waals surface area contributed by atoms with Crippen LogP contribution >= 0.6 is 27.7 Å². The molecule has 0 aliphatic carbocycles. The first-order valence-electron chi connectivity index (χ1n) is 8.00. The van der Waals surface area contributed by atoms with Gasteiger partial charge in [0.25, 0.3) is 5.91 Å². The molecule has 1 amide bonds. The molecule has 0 spiro atoms. The summed E-state index contributed by atoms with van der Waals surface area (Å²) in [5, 5.41) is 11.8. The van der Waals surface area contributed by atoms with Gasteiger partial charge in [0.2, 0.25) is 5.82 Å². The molecular formula is C18H14BrN5O3S. The van der Waals surface area contributed by atoms with E-state index in [9.17, 15) is 14.9 Å². The average molecular weight is 460 g/mol. The van der Waals surface area contributed by atoms with Crippen LogP contribution in [0.15, 0.2) is 69.3 Å². The molecule has 2 N–H and O–H groups in total. The van der Waals surface area contributed by atoms with E-state index in [2.05, 4.69) is 36.7 Å². The highest BCUT2D eigenvalue weighted by molar-refractivity contribution is 9.10. The Labute approximate surface area is 173 Å². The Kier molecular flexibility index (Phi) is 6.22. The molecule has 0 aliphatic heterocycles. The molecule has 8 nitrogen and oxygen atoms in total. The van der Waals surface area contributed by atoms with Crippen LogP contribution in [0.5, 0.6) is 0 Å². The number of carbonyl (C=O) groups excluding carboxylic acids is 1. The molecule has 0 atom stereocenters. The topological polar surface area (TPSA) is 110 Å². The molecule has 0 radical (unpaired) electrons. The Morgan fingerprint density at radius 1 is 1.14 bits per heavy atom. The summed E-state index contributed by atoms with van der Waals surface area (Å²) < 4.78 is 0.599. The maximum atomic E-state index is 12.3. The Bertz CT molecular complexity index is 1030. The minimum atomic E-state index is -0.580. The summed E-state index contributed by atoms with van der Waals surface area (Å²) in [5.74, 6) is -0.567. The second-order valence-electron chi connectivity index (χ2n) is 5.61. The Balaban J connectivity index is 1.83. The van der Waals surface area contributed by atoms with Crippen molar-refractivity contribution in [3.05, 3.63) is 80.6 Å². The highest BCUT2D eigenvalue weighted by Gasteiger charge is 2.24. The molecule has 0 bridgehead atoms. The van der Waals surface area contributed by atoms with Gasteiger partial charge in [-0.05, 0) is 47.1 Å². The minimum absolute atomic E-state index is 0.102. The van der Waals surface area contributed by atoms with Crippen molar-refractivity contribution in [3.63, 3.8) is 0 Å². The fourth-order valence-corrected chi connectivity index (χ4v) is 3.57. The summed E-state index contributed by atoms with van der Waals surface area (Å²) in [6.45, 7) is 1.96. The minimum Gasteiger partial charge on any atom is -0.276 e. The molecule has 1 heterocycles. The lowest BCUT2D eigenvalue weighted by Crippen LogP contribution is -2.30. The van der Waals surface area contributed by atoms with Crippen molar-refractivity contribution < 1.29 is 9.72 Å². The van der Waals surface area contributed by atoms with E-state index in [0.717, 1.165) is 22.2 Å². The highest BCUT2D eigenvalue weighted by atomic mass is 79.9. The molecular weight excluding hydrogens is 446 g/mol. The molecule has 0 saturated carbocycles. The lowest BCUT2D eigenvalue weighted by molar-refractivity contribution is -0.387. The van der Waals surface area contributed by atoms with Crippen molar-refractivity contribution in [1.82, 2.24) is 15.4 Å². The summed E-state index contributed by atoms with van der Waals surface area (Å²) in [5.41, 5.74) is 6.09. The summed E-state index contributed by atoms with van der Waals surface area (Å²) in [7, 11) is 0. The summed E-state index contributed by atoms with van der Waals surface area (Å²) >= 11 is 4.43. The van der Waals surface area contributed by atoms with Crippen molar-refractivity contribution in [2.45, 2.75) is 16.8 Å². The van der Waals surface area contributed by atoms with Gasteiger partial charge in [0.05, 0.1) is 10.5 Å². The number of rotatable bonds is 6. The number of aromatic nitrogens is 2. The number of aryl methyl sites for hydroxylation is 1. The largest absolute Gasteiger partial charge is 0.345 e. The standard InChI is InChI=1S/C18H14BrN5O3S/c1-11-6-8-12(9-7-11)28-18-15(24(26)27)16(20-10-21-18)22-23-17(25)13-4-2-3-5-14(13)19/h2-10H,1H3,(H,23,25)(H,20,21,22).